The molecule has 0 saturated carbocycles. The summed E-state index contributed by atoms with van der Waals surface area (Å²) in [5.41, 5.74) is 2.85. The van der Waals surface area contributed by atoms with E-state index >= 15 is 0 Å². The van der Waals surface area contributed by atoms with Gasteiger partial charge in [0.2, 0.25) is 11.8 Å². The Kier molecular flexibility index (Phi) is 10.9. The molecule has 6 rings (SSSR count). The van der Waals surface area contributed by atoms with Crippen molar-refractivity contribution < 1.29 is 19.5 Å². The Morgan fingerprint density at radius 2 is 1.46 bits per heavy atom. The standard InChI is InChI=1S/C35H45Br2N5O4/c36-29-20-24(21-30(37)33(29)44)19-26(34(45)41-17-9-27(10-18-41)39-13-5-1-2-6-14-39)22-32(43)40-15-11-28(12-16-40)42-23-25-7-3-4-8-31(25)38-35(42)46/h3-4,7-8,20-21,26-28,44H,1-2,5-6,9-19,22-23H2,(H,38,46)/t26-/m1/s1. The van der Waals surface area contributed by atoms with Crippen molar-refractivity contribution in [3.8, 4) is 5.75 Å². The third kappa shape index (κ3) is 7.73. The normalized spacial score (nSPS) is 21.0. The third-order valence-corrected chi connectivity index (χ3v) is 11.6. The maximum absolute atomic E-state index is 14.1. The quantitative estimate of drug-likeness (QED) is 0.342. The summed E-state index contributed by atoms with van der Waals surface area (Å²) in [7, 11) is 0. The number of piperidine rings is 2. The van der Waals surface area contributed by atoms with E-state index < -0.39 is 5.92 Å². The van der Waals surface area contributed by atoms with Crippen LogP contribution in [0.2, 0.25) is 0 Å². The highest BCUT2D eigenvalue weighted by Crippen LogP contribution is 2.35. The van der Waals surface area contributed by atoms with Crippen LogP contribution in [0.3, 0.4) is 0 Å². The first kappa shape index (κ1) is 33.3. The number of nitrogens with one attached hydrogen (secondary N) is 1. The second-order valence-electron chi connectivity index (χ2n) is 13.3. The Hall–Kier alpha value is -2.63. The van der Waals surface area contributed by atoms with Crippen molar-refractivity contribution in [3.05, 3.63) is 56.5 Å². The minimum Gasteiger partial charge on any atom is -0.506 e. The first-order valence-corrected chi connectivity index (χ1v) is 18.5. The maximum Gasteiger partial charge on any atom is 0.322 e. The van der Waals surface area contributed by atoms with Gasteiger partial charge < -0.3 is 30.0 Å². The summed E-state index contributed by atoms with van der Waals surface area (Å²) in [5.74, 6) is -0.345. The molecule has 3 saturated heterocycles. The molecule has 46 heavy (non-hydrogen) atoms. The third-order valence-electron chi connectivity index (χ3n) is 10.4. The van der Waals surface area contributed by atoms with E-state index in [1.807, 2.05) is 51.1 Å². The molecule has 0 radical (unpaired) electrons. The molecule has 0 aliphatic carbocycles. The lowest BCUT2D eigenvalue weighted by Crippen LogP contribution is -2.52. The Labute approximate surface area is 288 Å². The zero-order chi connectivity index (χ0) is 32.2. The van der Waals surface area contributed by atoms with Gasteiger partial charge in [-0.25, -0.2) is 4.79 Å². The average molecular weight is 760 g/mol. The summed E-state index contributed by atoms with van der Waals surface area (Å²) in [6.45, 7) is 5.46. The highest BCUT2D eigenvalue weighted by Gasteiger charge is 2.36. The molecule has 0 aromatic heterocycles. The van der Waals surface area contributed by atoms with Gasteiger partial charge in [-0.15, -0.1) is 0 Å². The van der Waals surface area contributed by atoms with Gasteiger partial charge in [0.05, 0.1) is 14.9 Å². The Balaban J connectivity index is 1.09. The van der Waals surface area contributed by atoms with E-state index in [2.05, 4.69) is 42.1 Å². The monoisotopic (exact) mass is 757 g/mol. The number of likely N-dealkylation sites (tertiary alicyclic amines) is 3. The van der Waals surface area contributed by atoms with Gasteiger partial charge in [-0.05, 0) is 119 Å². The number of rotatable bonds is 7. The van der Waals surface area contributed by atoms with Crippen LogP contribution >= 0.6 is 31.9 Å². The van der Waals surface area contributed by atoms with Crippen molar-refractivity contribution in [2.75, 3.05) is 44.6 Å². The number of carbonyl (C=O) groups is 3. The number of carbonyl (C=O) groups excluding carboxylic acids is 3. The van der Waals surface area contributed by atoms with Crippen molar-refractivity contribution in [3.63, 3.8) is 0 Å². The summed E-state index contributed by atoms with van der Waals surface area (Å²) in [5, 5.41) is 13.3. The van der Waals surface area contributed by atoms with E-state index in [0.29, 0.717) is 53.9 Å². The SMILES string of the molecule is O=C(C[C@@H](Cc1cc(Br)c(O)c(Br)c1)C(=O)N1CCC(N2CCCCCC2)CC1)N1CCC(N2Cc3ccccc3NC2=O)CC1. The molecule has 2 aromatic rings. The van der Waals surface area contributed by atoms with Gasteiger partial charge in [-0.1, -0.05) is 31.0 Å². The zero-order valence-corrected chi connectivity index (χ0v) is 29.6. The van der Waals surface area contributed by atoms with Crippen molar-refractivity contribution in [1.82, 2.24) is 19.6 Å². The lowest BCUT2D eigenvalue weighted by Gasteiger charge is -2.41. The highest BCUT2D eigenvalue weighted by molar-refractivity contribution is 9.11. The number of hydrogen-bond donors (Lipinski definition) is 2. The fourth-order valence-corrected chi connectivity index (χ4v) is 9.00. The number of para-hydroxylation sites is 1. The van der Waals surface area contributed by atoms with Gasteiger partial charge in [0.15, 0.2) is 0 Å². The van der Waals surface area contributed by atoms with Crippen LogP contribution in [0, 0.1) is 5.92 Å². The molecule has 0 unspecified atom stereocenters. The van der Waals surface area contributed by atoms with E-state index in [0.717, 1.165) is 55.8 Å². The minimum absolute atomic E-state index is 0.0124. The molecular weight excluding hydrogens is 714 g/mol. The molecule has 4 heterocycles. The first-order chi connectivity index (χ1) is 22.3. The fourth-order valence-electron chi connectivity index (χ4n) is 7.72. The highest BCUT2D eigenvalue weighted by atomic mass is 79.9. The number of phenols is 1. The lowest BCUT2D eigenvalue weighted by molar-refractivity contribution is -0.143. The van der Waals surface area contributed by atoms with Crippen molar-refractivity contribution in [2.45, 2.75) is 82.8 Å². The predicted octanol–water partition coefficient (Wildman–Crippen LogP) is 6.37. The second-order valence-corrected chi connectivity index (χ2v) is 15.1. The van der Waals surface area contributed by atoms with Crippen LogP contribution in [0.1, 0.15) is 68.9 Å². The molecule has 0 spiro atoms. The van der Waals surface area contributed by atoms with Crippen molar-refractivity contribution in [2.24, 2.45) is 5.92 Å². The van der Waals surface area contributed by atoms with Crippen molar-refractivity contribution in [1.29, 1.82) is 0 Å². The van der Waals surface area contributed by atoms with Crippen LogP contribution in [-0.2, 0) is 22.6 Å². The molecular formula is C35H45Br2N5O4. The number of nitrogens with zero attached hydrogens (tertiary/aromatic N) is 4. The van der Waals surface area contributed by atoms with Crippen LogP contribution in [0.25, 0.3) is 0 Å². The largest absolute Gasteiger partial charge is 0.506 e. The number of amides is 4. The smallest absolute Gasteiger partial charge is 0.322 e. The Bertz CT molecular complexity index is 1390. The first-order valence-electron chi connectivity index (χ1n) is 16.9. The fraction of sp³-hybridized carbons (Fsp3) is 0.571. The van der Waals surface area contributed by atoms with Crippen LogP contribution < -0.4 is 5.32 Å². The maximum atomic E-state index is 14.1. The van der Waals surface area contributed by atoms with Gasteiger partial charge in [0.1, 0.15) is 5.75 Å². The van der Waals surface area contributed by atoms with Gasteiger partial charge in [0, 0.05) is 56.9 Å². The molecule has 1 atom stereocenters. The molecule has 0 bridgehead atoms. The molecule has 4 aliphatic heterocycles. The predicted molar refractivity (Wildman–Crippen MR) is 186 cm³/mol. The summed E-state index contributed by atoms with van der Waals surface area (Å²) in [6.07, 6.45) is 9.08. The molecule has 2 N–H and O–H groups in total. The number of halogens is 2. The summed E-state index contributed by atoms with van der Waals surface area (Å²) in [6, 6.07) is 12.1. The number of anilines is 1. The van der Waals surface area contributed by atoms with E-state index in [4.69, 9.17) is 0 Å². The van der Waals surface area contributed by atoms with E-state index in [9.17, 15) is 19.5 Å². The lowest BCUT2D eigenvalue weighted by atomic mass is 9.92. The van der Waals surface area contributed by atoms with Crippen LogP contribution in [0.15, 0.2) is 45.3 Å². The molecule has 9 nitrogen and oxygen atoms in total. The molecule has 248 valence electrons. The molecule has 11 heteroatoms. The zero-order valence-electron chi connectivity index (χ0n) is 26.4. The number of benzene rings is 2. The number of phenolic OH excluding ortho intramolecular Hbond substituents is 1. The van der Waals surface area contributed by atoms with Gasteiger partial charge in [0.25, 0.3) is 0 Å². The van der Waals surface area contributed by atoms with Gasteiger partial charge >= 0.3 is 6.03 Å². The summed E-state index contributed by atoms with van der Waals surface area (Å²) >= 11 is 6.86. The van der Waals surface area contributed by atoms with Crippen LogP contribution in [-0.4, -0.2) is 93.9 Å². The minimum atomic E-state index is -0.493. The Morgan fingerprint density at radius 3 is 2.13 bits per heavy atom. The number of urea groups is 1. The van der Waals surface area contributed by atoms with E-state index in [1.54, 1.807) is 0 Å². The topological polar surface area (TPSA) is 96.4 Å². The van der Waals surface area contributed by atoms with Gasteiger partial charge in [-0.2, -0.15) is 0 Å². The Morgan fingerprint density at radius 1 is 0.848 bits per heavy atom. The molecule has 4 aliphatic rings. The number of fused-ring (bicyclic) bond motifs is 1. The summed E-state index contributed by atoms with van der Waals surface area (Å²) < 4.78 is 1.11. The molecule has 2 aromatic carbocycles. The van der Waals surface area contributed by atoms with E-state index in [-0.39, 0.29) is 36.1 Å². The molecule has 3 fully saturated rings. The van der Waals surface area contributed by atoms with Crippen molar-refractivity contribution >= 4 is 55.4 Å². The number of hydrogen-bond acceptors (Lipinski definition) is 5. The van der Waals surface area contributed by atoms with Crippen LogP contribution in [0.5, 0.6) is 5.75 Å². The van der Waals surface area contributed by atoms with E-state index in [1.165, 1.54) is 25.7 Å². The average Bonchev–Trinajstić information content (AvgIpc) is 3.36. The second kappa shape index (κ2) is 15.1. The molecule has 4 amide bonds. The number of aromatic hydroxyl groups is 1. The van der Waals surface area contributed by atoms with Gasteiger partial charge in [-0.3, -0.25) is 9.59 Å². The van der Waals surface area contributed by atoms with Crippen LogP contribution in [0.4, 0.5) is 10.5 Å². The summed E-state index contributed by atoms with van der Waals surface area (Å²) in [4.78, 5) is 49.1.